The van der Waals surface area contributed by atoms with Crippen molar-refractivity contribution in [3.63, 3.8) is 0 Å². The van der Waals surface area contributed by atoms with Crippen molar-refractivity contribution in [2.24, 2.45) is 5.92 Å². The lowest BCUT2D eigenvalue weighted by atomic mass is 9.97. The van der Waals surface area contributed by atoms with Crippen molar-refractivity contribution >= 4 is 22.6 Å². The summed E-state index contributed by atoms with van der Waals surface area (Å²) in [7, 11) is 1.60. The van der Waals surface area contributed by atoms with E-state index >= 15 is 0 Å². The van der Waals surface area contributed by atoms with Crippen LogP contribution in [0.5, 0.6) is 0 Å². The fraction of sp³-hybridized carbons (Fsp3) is 1.00. The molecule has 0 aromatic rings. The Kier molecular flexibility index (Phi) is 5.96. The quantitative estimate of drug-likeness (QED) is 0.476. The molecule has 0 unspecified atom stereocenters. The molecule has 0 spiro atoms. The highest BCUT2D eigenvalue weighted by Gasteiger charge is 2.23. The molecule has 0 aromatic heterocycles. The van der Waals surface area contributed by atoms with E-state index in [1.165, 1.54) is 65.2 Å². The van der Waals surface area contributed by atoms with Gasteiger partial charge in [0.1, 0.15) is 0 Å². The molecule has 2 heterocycles. The summed E-state index contributed by atoms with van der Waals surface area (Å²) in [4.78, 5) is 5.22. The van der Waals surface area contributed by atoms with E-state index in [-0.39, 0.29) is 0 Å². The van der Waals surface area contributed by atoms with E-state index in [9.17, 15) is 0 Å². The molecule has 0 saturated carbocycles. The topological polar surface area (TPSA) is 9.72 Å². The van der Waals surface area contributed by atoms with Crippen molar-refractivity contribution in [3.8, 4) is 0 Å². The zero-order valence-electron chi connectivity index (χ0n) is 10.8. The summed E-state index contributed by atoms with van der Waals surface area (Å²) in [5.41, 5.74) is 0. The molecule has 2 saturated heterocycles. The van der Waals surface area contributed by atoms with Crippen molar-refractivity contribution in [1.29, 1.82) is 0 Å². The van der Waals surface area contributed by atoms with Gasteiger partial charge in [-0.15, -0.1) is 0 Å². The van der Waals surface area contributed by atoms with Crippen LogP contribution < -0.4 is 0 Å². The van der Waals surface area contributed by atoms with Gasteiger partial charge < -0.3 is 9.80 Å². The number of thiol groups is 1. The third kappa shape index (κ3) is 4.31. The lowest BCUT2D eigenvalue weighted by Gasteiger charge is -2.38. The van der Waals surface area contributed by atoms with Crippen LogP contribution >= 0.6 is 22.6 Å². The lowest BCUT2D eigenvalue weighted by molar-refractivity contribution is 0.110. The van der Waals surface area contributed by atoms with E-state index in [0.29, 0.717) is 0 Å². The maximum atomic E-state index is 4.27. The van der Waals surface area contributed by atoms with E-state index in [1.807, 2.05) is 0 Å². The van der Waals surface area contributed by atoms with E-state index in [2.05, 4.69) is 32.7 Å². The summed E-state index contributed by atoms with van der Waals surface area (Å²) in [6, 6.07) is 0. The highest BCUT2D eigenvalue weighted by atomic mass is 33.1. The molecular formula is C12H25N3S2. The molecule has 0 aliphatic carbocycles. The van der Waals surface area contributed by atoms with Crippen LogP contribution in [-0.2, 0) is 0 Å². The van der Waals surface area contributed by atoms with Crippen molar-refractivity contribution in [2.45, 2.75) is 19.8 Å². The SMILES string of the molecule is CCN1CCN(CC2CCN(SS)CC2)CC1. The van der Waals surface area contributed by atoms with Crippen molar-refractivity contribution in [2.75, 3.05) is 52.4 Å². The summed E-state index contributed by atoms with van der Waals surface area (Å²) < 4.78 is 2.37. The number of nitrogens with zero attached hydrogens (tertiary/aromatic N) is 3. The van der Waals surface area contributed by atoms with Gasteiger partial charge in [-0.2, -0.15) is 0 Å². The van der Waals surface area contributed by atoms with Gasteiger partial charge in [-0.1, -0.05) is 18.6 Å². The predicted molar refractivity (Wildman–Crippen MR) is 79.4 cm³/mol. The molecule has 2 aliphatic rings. The first-order chi connectivity index (χ1) is 8.31. The number of hydrogen-bond acceptors (Lipinski definition) is 5. The van der Waals surface area contributed by atoms with E-state index in [4.69, 9.17) is 0 Å². The standard InChI is InChI=1S/C12H25N3S2/c1-2-13-7-9-14(10-8-13)11-12-3-5-15(17-16)6-4-12/h12,16H,2-11H2,1H3. The zero-order chi connectivity index (χ0) is 12.1. The van der Waals surface area contributed by atoms with Crippen LogP contribution in [0.15, 0.2) is 0 Å². The van der Waals surface area contributed by atoms with Crippen molar-refractivity contribution < 1.29 is 0 Å². The number of rotatable bonds is 4. The third-order valence-electron chi connectivity index (χ3n) is 4.12. The van der Waals surface area contributed by atoms with Crippen LogP contribution in [0.25, 0.3) is 0 Å². The molecule has 5 heteroatoms. The van der Waals surface area contributed by atoms with Crippen LogP contribution in [0.2, 0.25) is 0 Å². The second kappa shape index (κ2) is 7.24. The van der Waals surface area contributed by atoms with E-state index in [1.54, 1.807) is 11.0 Å². The van der Waals surface area contributed by atoms with Crippen molar-refractivity contribution in [1.82, 2.24) is 14.1 Å². The molecule has 2 aliphatic heterocycles. The van der Waals surface area contributed by atoms with Crippen LogP contribution in [0.4, 0.5) is 0 Å². The minimum atomic E-state index is 0.917. The number of piperazine rings is 1. The lowest BCUT2D eigenvalue weighted by Crippen LogP contribution is -2.48. The van der Waals surface area contributed by atoms with Crippen LogP contribution in [0.1, 0.15) is 19.8 Å². The minimum Gasteiger partial charge on any atom is -0.301 e. The van der Waals surface area contributed by atoms with Crippen molar-refractivity contribution in [3.05, 3.63) is 0 Å². The van der Waals surface area contributed by atoms with E-state index < -0.39 is 0 Å². The Morgan fingerprint density at radius 3 is 2.12 bits per heavy atom. The highest BCUT2D eigenvalue weighted by molar-refractivity contribution is 8.67. The minimum absolute atomic E-state index is 0.917. The van der Waals surface area contributed by atoms with Gasteiger partial charge in [0.05, 0.1) is 0 Å². The van der Waals surface area contributed by atoms with Gasteiger partial charge in [-0.3, -0.25) is 0 Å². The maximum Gasteiger partial charge on any atom is 0.0110 e. The molecular weight excluding hydrogens is 250 g/mol. The van der Waals surface area contributed by atoms with Crippen LogP contribution in [0, 0.1) is 5.92 Å². The zero-order valence-corrected chi connectivity index (χ0v) is 12.6. The Bertz CT molecular complexity index is 190. The average Bonchev–Trinajstić information content (AvgIpc) is 2.40. The first-order valence-corrected chi connectivity index (χ1v) is 8.65. The monoisotopic (exact) mass is 275 g/mol. The first-order valence-electron chi connectivity index (χ1n) is 6.83. The summed E-state index contributed by atoms with van der Waals surface area (Å²) in [6.07, 6.45) is 2.70. The fourth-order valence-corrected chi connectivity index (χ4v) is 3.69. The molecule has 0 N–H and O–H groups in total. The second-order valence-corrected chi connectivity index (χ2v) is 6.36. The van der Waals surface area contributed by atoms with Crippen LogP contribution in [0.3, 0.4) is 0 Å². The van der Waals surface area contributed by atoms with Gasteiger partial charge in [-0.05, 0) is 36.3 Å². The van der Waals surface area contributed by atoms with E-state index in [0.717, 1.165) is 5.92 Å². The number of likely N-dealkylation sites (N-methyl/N-ethyl adjacent to an activating group) is 1. The fourth-order valence-electron chi connectivity index (χ4n) is 2.83. The summed E-state index contributed by atoms with van der Waals surface area (Å²) in [6.45, 7) is 12.3. The molecule has 0 amide bonds. The summed E-state index contributed by atoms with van der Waals surface area (Å²) >= 11 is 4.27. The number of piperidine rings is 1. The van der Waals surface area contributed by atoms with Gasteiger partial charge in [0, 0.05) is 45.8 Å². The molecule has 0 aromatic carbocycles. The molecule has 3 nitrogen and oxygen atoms in total. The molecule has 2 fully saturated rings. The van der Waals surface area contributed by atoms with Gasteiger partial charge in [0.2, 0.25) is 0 Å². The molecule has 0 atom stereocenters. The number of hydrogen-bond donors (Lipinski definition) is 1. The third-order valence-corrected chi connectivity index (χ3v) is 5.41. The summed E-state index contributed by atoms with van der Waals surface area (Å²) in [5, 5.41) is 0. The first kappa shape index (κ1) is 14.0. The second-order valence-electron chi connectivity index (χ2n) is 5.19. The Labute approximate surface area is 115 Å². The van der Waals surface area contributed by atoms with Gasteiger partial charge in [0.25, 0.3) is 0 Å². The normalized spacial score (nSPS) is 26.5. The highest BCUT2D eigenvalue weighted by Crippen LogP contribution is 2.25. The van der Waals surface area contributed by atoms with Crippen LogP contribution in [-0.4, -0.2) is 66.5 Å². The Hall–Kier alpha value is 0.580. The largest absolute Gasteiger partial charge is 0.301 e. The molecule has 17 heavy (non-hydrogen) atoms. The molecule has 0 bridgehead atoms. The molecule has 0 radical (unpaired) electrons. The molecule has 2 rings (SSSR count). The Balaban J connectivity index is 1.65. The van der Waals surface area contributed by atoms with Gasteiger partial charge >= 0.3 is 0 Å². The molecule has 100 valence electrons. The summed E-state index contributed by atoms with van der Waals surface area (Å²) in [5.74, 6) is 0.917. The van der Waals surface area contributed by atoms with Gasteiger partial charge in [0.15, 0.2) is 0 Å². The maximum absolute atomic E-state index is 4.27. The Morgan fingerprint density at radius 2 is 1.59 bits per heavy atom. The smallest absolute Gasteiger partial charge is 0.0110 e. The Morgan fingerprint density at radius 1 is 1.00 bits per heavy atom. The van der Waals surface area contributed by atoms with Gasteiger partial charge in [-0.25, -0.2) is 4.31 Å². The average molecular weight is 275 g/mol. The predicted octanol–water partition coefficient (Wildman–Crippen LogP) is 1.83.